The Balaban J connectivity index is 1.94. The van der Waals surface area contributed by atoms with E-state index < -0.39 is 12.1 Å². The number of ketones is 1. The molecule has 0 heterocycles. The Kier molecular flexibility index (Phi) is 5.67. The molecule has 0 amide bonds. The van der Waals surface area contributed by atoms with Crippen LogP contribution in [0.5, 0.6) is 5.75 Å². The molecule has 1 atom stereocenters. The van der Waals surface area contributed by atoms with Gasteiger partial charge in [-0.1, -0.05) is 72.3 Å². The van der Waals surface area contributed by atoms with Crippen LogP contribution in [0.25, 0.3) is 0 Å². The number of rotatable bonds is 6. The lowest BCUT2D eigenvalue weighted by Gasteiger charge is -2.18. The van der Waals surface area contributed by atoms with Gasteiger partial charge in [0, 0.05) is 11.1 Å². The highest BCUT2D eigenvalue weighted by Crippen LogP contribution is 2.26. The summed E-state index contributed by atoms with van der Waals surface area (Å²) in [5, 5.41) is 0. The Morgan fingerprint density at radius 3 is 2.11 bits per heavy atom. The highest BCUT2D eigenvalue weighted by molar-refractivity contribution is 6.02. The van der Waals surface area contributed by atoms with Gasteiger partial charge in [-0.3, -0.25) is 4.79 Å². The summed E-state index contributed by atoms with van der Waals surface area (Å²) >= 11 is 0. The zero-order valence-electron chi connectivity index (χ0n) is 15.2. The minimum absolute atomic E-state index is 0.274. The molecule has 27 heavy (non-hydrogen) atoms. The lowest BCUT2D eigenvalue weighted by molar-refractivity contribution is 0.0277. The molecule has 0 saturated heterocycles. The maximum absolute atomic E-state index is 13.1. The SMILES string of the molecule is COc1ccccc1C(=O)O[C@H](C(=O)c1ccc(C)cc1)c1ccccc1. The molecular weight excluding hydrogens is 340 g/mol. The minimum atomic E-state index is -1.04. The van der Waals surface area contributed by atoms with Crippen molar-refractivity contribution in [2.75, 3.05) is 7.11 Å². The number of Topliss-reactive ketones (excluding diaryl/α,β-unsaturated/α-hetero) is 1. The summed E-state index contributed by atoms with van der Waals surface area (Å²) in [6.45, 7) is 1.95. The van der Waals surface area contributed by atoms with E-state index in [2.05, 4.69) is 0 Å². The van der Waals surface area contributed by atoms with Crippen molar-refractivity contribution in [1.82, 2.24) is 0 Å². The van der Waals surface area contributed by atoms with E-state index in [0.717, 1.165) is 5.56 Å². The molecule has 3 rings (SSSR count). The van der Waals surface area contributed by atoms with E-state index in [9.17, 15) is 9.59 Å². The molecule has 3 aromatic carbocycles. The van der Waals surface area contributed by atoms with Gasteiger partial charge >= 0.3 is 5.97 Å². The number of carbonyl (C=O) groups is 2. The number of aryl methyl sites for hydroxylation is 1. The van der Waals surface area contributed by atoms with E-state index in [4.69, 9.17) is 9.47 Å². The molecule has 0 aliphatic carbocycles. The van der Waals surface area contributed by atoms with Crippen LogP contribution in [0.3, 0.4) is 0 Å². The molecule has 4 heteroatoms. The number of methoxy groups -OCH3 is 1. The third-order valence-corrected chi connectivity index (χ3v) is 4.23. The largest absolute Gasteiger partial charge is 0.496 e. The fraction of sp³-hybridized carbons (Fsp3) is 0.130. The van der Waals surface area contributed by atoms with Crippen molar-refractivity contribution in [3.8, 4) is 5.75 Å². The van der Waals surface area contributed by atoms with Gasteiger partial charge in [0.05, 0.1) is 7.11 Å². The Hall–Kier alpha value is -3.40. The summed E-state index contributed by atoms with van der Waals surface area (Å²) in [4.78, 5) is 25.8. The Morgan fingerprint density at radius 1 is 0.815 bits per heavy atom. The van der Waals surface area contributed by atoms with Gasteiger partial charge in [-0.25, -0.2) is 4.79 Å². The van der Waals surface area contributed by atoms with Crippen LogP contribution in [0.4, 0.5) is 0 Å². The molecule has 0 fully saturated rings. The van der Waals surface area contributed by atoms with Gasteiger partial charge in [0.15, 0.2) is 6.10 Å². The third kappa shape index (κ3) is 4.23. The van der Waals surface area contributed by atoms with E-state index in [0.29, 0.717) is 16.9 Å². The number of para-hydroxylation sites is 1. The van der Waals surface area contributed by atoms with Crippen molar-refractivity contribution in [3.05, 3.63) is 101 Å². The molecule has 136 valence electrons. The fourth-order valence-corrected chi connectivity index (χ4v) is 2.75. The second-order valence-electron chi connectivity index (χ2n) is 6.13. The predicted molar refractivity (Wildman–Crippen MR) is 103 cm³/mol. The molecule has 0 radical (unpaired) electrons. The second kappa shape index (κ2) is 8.32. The van der Waals surface area contributed by atoms with Crippen LogP contribution >= 0.6 is 0 Å². The summed E-state index contributed by atoms with van der Waals surface area (Å²) in [5.74, 6) is -0.483. The predicted octanol–water partition coefficient (Wildman–Crippen LogP) is 4.78. The molecule has 4 nitrogen and oxygen atoms in total. The quantitative estimate of drug-likeness (QED) is 0.469. The highest BCUT2D eigenvalue weighted by Gasteiger charge is 2.27. The van der Waals surface area contributed by atoms with Crippen molar-refractivity contribution in [1.29, 1.82) is 0 Å². The van der Waals surface area contributed by atoms with Crippen LogP contribution in [0.2, 0.25) is 0 Å². The summed E-state index contributed by atoms with van der Waals surface area (Å²) in [6, 6.07) is 23.0. The first-order valence-electron chi connectivity index (χ1n) is 8.60. The third-order valence-electron chi connectivity index (χ3n) is 4.23. The van der Waals surface area contributed by atoms with Gasteiger partial charge in [0.2, 0.25) is 5.78 Å². The summed E-state index contributed by atoms with van der Waals surface area (Å²) in [7, 11) is 1.48. The van der Waals surface area contributed by atoms with Gasteiger partial charge in [-0.2, -0.15) is 0 Å². The van der Waals surface area contributed by atoms with Crippen LogP contribution in [-0.4, -0.2) is 18.9 Å². The zero-order chi connectivity index (χ0) is 19.2. The summed E-state index contributed by atoms with van der Waals surface area (Å²) < 4.78 is 10.9. The lowest BCUT2D eigenvalue weighted by Crippen LogP contribution is -2.20. The Labute approximate surface area is 158 Å². The molecule has 0 aromatic heterocycles. The molecule has 0 unspecified atom stereocenters. The van der Waals surface area contributed by atoms with Crippen LogP contribution in [-0.2, 0) is 4.74 Å². The van der Waals surface area contributed by atoms with E-state index in [1.54, 1.807) is 48.5 Å². The lowest BCUT2D eigenvalue weighted by atomic mass is 9.99. The van der Waals surface area contributed by atoms with E-state index in [1.165, 1.54) is 7.11 Å². The molecule has 0 bridgehead atoms. The molecule has 0 aliphatic heterocycles. The van der Waals surface area contributed by atoms with Gasteiger partial charge in [0.1, 0.15) is 11.3 Å². The average molecular weight is 360 g/mol. The van der Waals surface area contributed by atoms with Crippen molar-refractivity contribution >= 4 is 11.8 Å². The molecule has 0 saturated carbocycles. The normalized spacial score (nSPS) is 11.5. The zero-order valence-corrected chi connectivity index (χ0v) is 15.2. The van der Waals surface area contributed by atoms with E-state index in [1.807, 2.05) is 37.3 Å². The van der Waals surface area contributed by atoms with Crippen LogP contribution in [0.15, 0.2) is 78.9 Å². The number of esters is 1. The highest BCUT2D eigenvalue weighted by atomic mass is 16.5. The van der Waals surface area contributed by atoms with Crippen molar-refractivity contribution in [3.63, 3.8) is 0 Å². The fourth-order valence-electron chi connectivity index (χ4n) is 2.75. The number of ether oxygens (including phenoxy) is 2. The summed E-state index contributed by atoms with van der Waals surface area (Å²) in [5.41, 5.74) is 2.43. The number of hydrogen-bond donors (Lipinski definition) is 0. The first-order chi connectivity index (χ1) is 13.1. The number of benzene rings is 3. The standard InChI is InChI=1S/C23H20O4/c1-16-12-14-17(15-13-16)21(24)22(18-8-4-3-5-9-18)27-23(25)19-10-6-7-11-20(19)26-2/h3-15,22H,1-2H3/t22-/m0/s1. The van der Waals surface area contributed by atoms with Gasteiger partial charge in [-0.15, -0.1) is 0 Å². The Morgan fingerprint density at radius 2 is 1.44 bits per heavy atom. The molecule has 3 aromatic rings. The Bertz CT molecular complexity index is 930. The maximum Gasteiger partial charge on any atom is 0.342 e. The molecule has 0 spiro atoms. The maximum atomic E-state index is 13.1. The van der Waals surface area contributed by atoms with Crippen molar-refractivity contribution in [2.45, 2.75) is 13.0 Å². The topological polar surface area (TPSA) is 52.6 Å². The second-order valence-corrected chi connectivity index (χ2v) is 6.13. The van der Waals surface area contributed by atoms with E-state index in [-0.39, 0.29) is 11.3 Å². The monoisotopic (exact) mass is 360 g/mol. The van der Waals surface area contributed by atoms with Gasteiger partial charge in [0.25, 0.3) is 0 Å². The minimum Gasteiger partial charge on any atom is -0.496 e. The first kappa shape index (κ1) is 18.4. The van der Waals surface area contributed by atoms with E-state index >= 15 is 0 Å². The number of carbonyl (C=O) groups excluding carboxylic acids is 2. The van der Waals surface area contributed by atoms with Crippen LogP contribution < -0.4 is 4.74 Å². The molecular formula is C23H20O4. The molecule has 0 aliphatic rings. The van der Waals surface area contributed by atoms with Crippen LogP contribution in [0, 0.1) is 6.92 Å². The average Bonchev–Trinajstić information content (AvgIpc) is 2.72. The van der Waals surface area contributed by atoms with Gasteiger partial charge in [-0.05, 0) is 19.1 Å². The first-order valence-corrected chi connectivity index (χ1v) is 8.60. The number of hydrogen-bond acceptors (Lipinski definition) is 4. The van der Waals surface area contributed by atoms with Crippen molar-refractivity contribution < 1.29 is 19.1 Å². The van der Waals surface area contributed by atoms with Gasteiger partial charge < -0.3 is 9.47 Å². The van der Waals surface area contributed by atoms with Crippen LogP contribution in [0.1, 0.15) is 37.9 Å². The smallest absolute Gasteiger partial charge is 0.342 e. The van der Waals surface area contributed by atoms with Crippen molar-refractivity contribution in [2.24, 2.45) is 0 Å². The molecule has 0 N–H and O–H groups in total. The summed E-state index contributed by atoms with van der Waals surface area (Å²) in [6.07, 6.45) is -1.04.